The zero-order valence-electron chi connectivity index (χ0n) is 6.51. The average Bonchev–Trinajstić information content (AvgIpc) is 1.64. The van der Waals surface area contributed by atoms with Gasteiger partial charge in [0.15, 0.2) is 8.38 Å². The quantitative estimate of drug-likeness (QED) is 0.611. The molecule has 0 aromatic rings. The van der Waals surface area contributed by atoms with E-state index in [-0.39, 0.29) is 5.16 Å². The second kappa shape index (κ2) is 3.50. The van der Waals surface area contributed by atoms with Crippen molar-refractivity contribution in [3.8, 4) is 0 Å². The van der Waals surface area contributed by atoms with Crippen molar-refractivity contribution in [1.29, 1.82) is 0 Å². The third-order valence-corrected chi connectivity index (χ3v) is 2.48. The van der Waals surface area contributed by atoms with Crippen LogP contribution < -0.4 is 0 Å². The molecule has 3 heteroatoms. The number of hydrogen-bond donors (Lipinski definition) is 1. The van der Waals surface area contributed by atoms with Gasteiger partial charge >= 0.3 is 0 Å². The summed E-state index contributed by atoms with van der Waals surface area (Å²) in [5, 5.41) is -0.0919. The van der Waals surface area contributed by atoms with Crippen molar-refractivity contribution >= 4 is 8.38 Å². The fourth-order valence-electron chi connectivity index (χ4n) is 0.316. The van der Waals surface area contributed by atoms with Gasteiger partial charge in [-0.2, -0.15) is 0 Å². The molecular formula is C6H15O2P. The molecule has 0 aliphatic carbocycles. The predicted molar refractivity (Wildman–Crippen MR) is 40.5 cm³/mol. The van der Waals surface area contributed by atoms with Gasteiger partial charge in [0.2, 0.25) is 0 Å². The highest BCUT2D eigenvalue weighted by molar-refractivity contribution is 7.47. The first-order valence-electron chi connectivity index (χ1n) is 3.10. The van der Waals surface area contributed by atoms with E-state index in [1.165, 1.54) is 0 Å². The van der Waals surface area contributed by atoms with E-state index < -0.39 is 8.38 Å². The lowest BCUT2D eigenvalue weighted by Crippen LogP contribution is -2.12. The maximum absolute atomic E-state index is 9.23. The van der Waals surface area contributed by atoms with Crippen LogP contribution in [0.5, 0.6) is 0 Å². The Bertz CT molecular complexity index is 77.6. The van der Waals surface area contributed by atoms with Gasteiger partial charge in [0.05, 0.1) is 6.61 Å². The Balaban J connectivity index is 3.59. The molecule has 0 bridgehead atoms. The summed E-state index contributed by atoms with van der Waals surface area (Å²) in [7, 11) is -1.22. The molecule has 1 unspecified atom stereocenters. The van der Waals surface area contributed by atoms with Crippen LogP contribution in [0.3, 0.4) is 0 Å². The molecule has 0 amide bonds. The highest BCUT2D eigenvalue weighted by Gasteiger charge is 2.22. The standard InChI is InChI=1S/C6H15O2P/c1-5-8-9(7)6(2,3)4/h7H,5H2,1-4H3. The van der Waals surface area contributed by atoms with Gasteiger partial charge in [0.25, 0.3) is 0 Å². The van der Waals surface area contributed by atoms with Crippen LogP contribution in [0, 0.1) is 0 Å². The van der Waals surface area contributed by atoms with Crippen molar-refractivity contribution in [2.24, 2.45) is 0 Å². The minimum absolute atomic E-state index is 0.0919. The van der Waals surface area contributed by atoms with Crippen LogP contribution in [-0.4, -0.2) is 16.7 Å². The predicted octanol–water partition coefficient (Wildman–Crippen LogP) is 2.13. The summed E-state index contributed by atoms with van der Waals surface area (Å²) < 4.78 is 5.03. The van der Waals surface area contributed by atoms with E-state index in [0.29, 0.717) is 6.61 Å². The Morgan fingerprint density at radius 1 is 1.44 bits per heavy atom. The molecule has 0 fully saturated rings. The summed E-state index contributed by atoms with van der Waals surface area (Å²) in [6.07, 6.45) is 0. The Morgan fingerprint density at radius 3 is 2.00 bits per heavy atom. The largest absolute Gasteiger partial charge is 0.350 e. The Hall–Kier alpha value is 0.350. The number of rotatable bonds is 2. The summed E-state index contributed by atoms with van der Waals surface area (Å²) in [4.78, 5) is 9.23. The SMILES string of the molecule is CCOP(O)C(C)(C)C. The van der Waals surface area contributed by atoms with Crippen LogP contribution in [0.15, 0.2) is 0 Å². The maximum Gasteiger partial charge on any atom is 0.173 e. The maximum atomic E-state index is 9.23. The number of hydrogen-bond acceptors (Lipinski definition) is 2. The fraction of sp³-hybridized carbons (Fsp3) is 1.00. The summed E-state index contributed by atoms with van der Waals surface area (Å²) in [6.45, 7) is 8.38. The van der Waals surface area contributed by atoms with Crippen LogP contribution in [0.2, 0.25) is 0 Å². The van der Waals surface area contributed by atoms with E-state index in [0.717, 1.165) is 0 Å². The minimum Gasteiger partial charge on any atom is -0.350 e. The molecule has 0 aromatic carbocycles. The van der Waals surface area contributed by atoms with Crippen LogP contribution in [0.4, 0.5) is 0 Å². The zero-order valence-corrected chi connectivity index (χ0v) is 7.40. The summed E-state index contributed by atoms with van der Waals surface area (Å²) in [5.74, 6) is 0. The van der Waals surface area contributed by atoms with Crippen molar-refractivity contribution in [3.63, 3.8) is 0 Å². The van der Waals surface area contributed by atoms with Crippen LogP contribution in [-0.2, 0) is 4.52 Å². The lowest BCUT2D eigenvalue weighted by molar-refractivity contribution is 0.312. The van der Waals surface area contributed by atoms with Gasteiger partial charge in [-0.1, -0.05) is 20.8 Å². The van der Waals surface area contributed by atoms with Gasteiger partial charge in [0.1, 0.15) is 0 Å². The normalized spacial score (nSPS) is 15.7. The first-order chi connectivity index (χ1) is 3.98. The van der Waals surface area contributed by atoms with Crippen molar-refractivity contribution in [1.82, 2.24) is 0 Å². The van der Waals surface area contributed by atoms with Gasteiger partial charge in [-0.05, 0) is 6.92 Å². The molecule has 1 N–H and O–H groups in total. The first-order valence-corrected chi connectivity index (χ1v) is 4.31. The molecule has 0 saturated heterocycles. The van der Waals surface area contributed by atoms with Gasteiger partial charge in [-0.3, -0.25) is 0 Å². The molecule has 1 atom stereocenters. The molecule has 0 aliphatic rings. The lowest BCUT2D eigenvalue weighted by atomic mass is 10.3. The van der Waals surface area contributed by atoms with E-state index in [1.807, 2.05) is 27.7 Å². The molecule has 0 radical (unpaired) electrons. The molecule has 9 heavy (non-hydrogen) atoms. The highest BCUT2D eigenvalue weighted by Crippen LogP contribution is 2.45. The molecule has 0 spiro atoms. The minimum atomic E-state index is -1.22. The van der Waals surface area contributed by atoms with E-state index in [9.17, 15) is 4.89 Å². The molecule has 0 rings (SSSR count). The Kier molecular flexibility index (Phi) is 3.64. The van der Waals surface area contributed by atoms with Gasteiger partial charge in [-0.15, -0.1) is 0 Å². The molecule has 0 aromatic heterocycles. The first kappa shape index (κ1) is 9.35. The van der Waals surface area contributed by atoms with E-state index in [2.05, 4.69) is 0 Å². The van der Waals surface area contributed by atoms with Gasteiger partial charge in [-0.25, -0.2) is 0 Å². The third kappa shape index (κ3) is 3.85. The summed E-state index contributed by atoms with van der Waals surface area (Å²) >= 11 is 0. The molecule has 56 valence electrons. The highest BCUT2D eigenvalue weighted by atomic mass is 31.2. The lowest BCUT2D eigenvalue weighted by Gasteiger charge is -2.23. The van der Waals surface area contributed by atoms with E-state index in [1.54, 1.807) is 0 Å². The topological polar surface area (TPSA) is 29.5 Å². The van der Waals surface area contributed by atoms with Crippen molar-refractivity contribution in [3.05, 3.63) is 0 Å². The Morgan fingerprint density at radius 2 is 1.89 bits per heavy atom. The molecule has 0 aliphatic heterocycles. The van der Waals surface area contributed by atoms with Gasteiger partial charge < -0.3 is 9.42 Å². The van der Waals surface area contributed by atoms with Crippen LogP contribution in [0.1, 0.15) is 27.7 Å². The monoisotopic (exact) mass is 150 g/mol. The van der Waals surface area contributed by atoms with Crippen molar-refractivity contribution in [2.75, 3.05) is 6.61 Å². The van der Waals surface area contributed by atoms with Crippen LogP contribution in [0.25, 0.3) is 0 Å². The zero-order chi connectivity index (χ0) is 7.49. The molecular weight excluding hydrogens is 135 g/mol. The molecule has 2 nitrogen and oxygen atoms in total. The average molecular weight is 150 g/mol. The fourth-order valence-corrected chi connectivity index (χ4v) is 0.948. The Labute approximate surface area is 58.1 Å². The third-order valence-electron chi connectivity index (χ3n) is 0.825. The van der Waals surface area contributed by atoms with Crippen molar-refractivity contribution in [2.45, 2.75) is 32.9 Å². The molecule has 0 heterocycles. The second-order valence-corrected chi connectivity index (χ2v) is 5.01. The molecule has 0 saturated carbocycles. The van der Waals surface area contributed by atoms with Crippen LogP contribution >= 0.6 is 8.38 Å². The van der Waals surface area contributed by atoms with Gasteiger partial charge in [0, 0.05) is 5.16 Å². The summed E-state index contributed by atoms with van der Waals surface area (Å²) in [6, 6.07) is 0. The second-order valence-electron chi connectivity index (χ2n) is 2.86. The summed E-state index contributed by atoms with van der Waals surface area (Å²) in [5.41, 5.74) is 0. The van der Waals surface area contributed by atoms with E-state index in [4.69, 9.17) is 4.52 Å². The van der Waals surface area contributed by atoms with E-state index >= 15 is 0 Å². The smallest absolute Gasteiger partial charge is 0.173 e. The van der Waals surface area contributed by atoms with Crippen molar-refractivity contribution < 1.29 is 9.42 Å².